The Bertz CT molecular complexity index is 582. The molecule has 0 atom stereocenters. The maximum atomic E-state index is 12.0. The van der Waals surface area contributed by atoms with Gasteiger partial charge in [-0.25, -0.2) is 4.98 Å². The van der Waals surface area contributed by atoms with Gasteiger partial charge in [0.15, 0.2) is 0 Å². The number of carbonyl (C=O) groups is 1. The van der Waals surface area contributed by atoms with E-state index in [1.54, 1.807) is 37.3 Å². The monoisotopic (exact) mass is 280 g/mol. The van der Waals surface area contributed by atoms with Crippen molar-refractivity contribution >= 4 is 34.8 Å². The van der Waals surface area contributed by atoms with Gasteiger partial charge in [0.2, 0.25) is 0 Å². The molecule has 2 aromatic rings. The lowest BCUT2D eigenvalue weighted by Crippen LogP contribution is -2.13. The van der Waals surface area contributed by atoms with Crippen LogP contribution >= 0.6 is 23.2 Å². The molecule has 0 saturated heterocycles. The SMILES string of the molecule is Cc1c(Cl)cccc1C(=O)Nc1ccc(Cl)nc1. The Morgan fingerprint density at radius 3 is 2.67 bits per heavy atom. The highest BCUT2D eigenvalue weighted by Crippen LogP contribution is 2.20. The Morgan fingerprint density at radius 2 is 2.00 bits per heavy atom. The van der Waals surface area contributed by atoms with Crippen LogP contribution in [-0.4, -0.2) is 10.9 Å². The standard InChI is InChI=1S/C13H10Cl2N2O/c1-8-10(3-2-4-11(8)14)13(18)17-9-5-6-12(15)16-7-9/h2-7H,1H3,(H,17,18). The first-order valence-corrected chi connectivity index (χ1v) is 6.01. The molecule has 3 nitrogen and oxygen atoms in total. The molecule has 0 saturated carbocycles. The number of hydrogen-bond acceptors (Lipinski definition) is 2. The molecule has 0 fully saturated rings. The number of anilines is 1. The average molecular weight is 281 g/mol. The molecule has 0 radical (unpaired) electrons. The molecular weight excluding hydrogens is 271 g/mol. The Morgan fingerprint density at radius 1 is 1.22 bits per heavy atom. The Labute approximate surface area is 115 Å². The van der Waals surface area contributed by atoms with Gasteiger partial charge in [0, 0.05) is 10.6 Å². The fourth-order valence-electron chi connectivity index (χ4n) is 1.50. The van der Waals surface area contributed by atoms with Crippen molar-refractivity contribution in [3.63, 3.8) is 0 Å². The molecule has 0 bridgehead atoms. The van der Waals surface area contributed by atoms with Crippen LogP contribution in [0.2, 0.25) is 10.2 Å². The summed E-state index contributed by atoms with van der Waals surface area (Å²) in [6, 6.07) is 8.51. The predicted octanol–water partition coefficient (Wildman–Crippen LogP) is 3.95. The minimum absolute atomic E-state index is 0.223. The summed E-state index contributed by atoms with van der Waals surface area (Å²) in [5.74, 6) is -0.223. The van der Waals surface area contributed by atoms with Gasteiger partial charge in [-0.1, -0.05) is 29.3 Å². The summed E-state index contributed by atoms with van der Waals surface area (Å²) >= 11 is 11.6. The van der Waals surface area contributed by atoms with Crippen molar-refractivity contribution in [2.24, 2.45) is 0 Å². The van der Waals surface area contributed by atoms with Crippen LogP contribution in [0.1, 0.15) is 15.9 Å². The number of aromatic nitrogens is 1. The van der Waals surface area contributed by atoms with E-state index in [9.17, 15) is 4.79 Å². The lowest BCUT2D eigenvalue weighted by atomic mass is 10.1. The third-order valence-electron chi connectivity index (χ3n) is 2.50. The number of carbonyl (C=O) groups excluding carboxylic acids is 1. The second-order valence-electron chi connectivity index (χ2n) is 3.74. The Hall–Kier alpha value is -1.58. The van der Waals surface area contributed by atoms with E-state index in [2.05, 4.69) is 10.3 Å². The first kappa shape index (κ1) is 12.9. The zero-order valence-electron chi connectivity index (χ0n) is 9.58. The van der Waals surface area contributed by atoms with E-state index in [0.29, 0.717) is 21.4 Å². The number of pyridine rings is 1. The lowest BCUT2D eigenvalue weighted by molar-refractivity contribution is 0.102. The number of nitrogens with one attached hydrogen (secondary N) is 1. The van der Waals surface area contributed by atoms with Gasteiger partial charge in [-0.15, -0.1) is 0 Å². The minimum Gasteiger partial charge on any atom is -0.321 e. The van der Waals surface area contributed by atoms with E-state index < -0.39 is 0 Å². The quantitative estimate of drug-likeness (QED) is 0.847. The Kier molecular flexibility index (Phi) is 3.84. The molecular formula is C13H10Cl2N2O. The van der Waals surface area contributed by atoms with Crippen molar-refractivity contribution in [1.29, 1.82) is 0 Å². The van der Waals surface area contributed by atoms with E-state index in [-0.39, 0.29) is 5.91 Å². The van der Waals surface area contributed by atoms with Crippen LogP contribution in [0.25, 0.3) is 0 Å². The van der Waals surface area contributed by atoms with Crippen LogP contribution in [0, 0.1) is 6.92 Å². The van der Waals surface area contributed by atoms with Crippen LogP contribution in [0.15, 0.2) is 36.5 Å². The Balaban J connectivity index is 2.22. The summed E-state index contributed by atoms with van der Waals surface area (Å²) in [7, 11) is 0. The fourth-order valence-corrected chi connectivity index (χ4v) is 1.79. The van der Waals surface area contributed by atoms with Crippen molar-refractivity contribution in [2.45, 2.75) is 6.92 Å². The molecule has 1 aromatic carbocycles. The second kappa shape index (κ2) is 5.38. The molecule has 1 aromatic heterocycles. The normalized spacial score (nSPS) is 10.2. The largest absolute Gasteiger partial charge is 0.321 e. The van der Waals surface area contributed by atoms with Crippen molar-refractivity contribution in [2.75, 3.05) is 5.32 Å². The second-order valence-corrected chi connectivity index (χ2v) is 4.53. The summed E-state index contributed by atoms with van der Waals surface area (Å²) in [4.78, 5) is 15.9. The maximum absolute atomic E-state index is 12.0. The van der Waals surface area contributed by atoms with Gasteiger partial charge in [0.25, 0.3) is 5.91 Å². The predicted molar refractivity (Wildman–Crippen MR) is 73.4 cm³/mol. The lowest BCUT2D eigenvalue weighted by Gasteiger charge is -2.08. The smallest absolute Gasteiger partial charge is 0.256 e. The summed E-state index contributed by atoms with van der Waals surface area (Å²) in [5.41, 5.74) is 1.87. The molecule has 1 amide bonds. The van der Waals surface area contributed by atoms with E-state index in [1.807, 2.05) is 0 Å². The molecule has 0 aliphatic heterocycles. The van der Waals surface area contributed by atoms with E-state index in [1.165, 1.54) is 6.20 Å². The highest BCUT2D eigenvalue weighted by Gasteiger charge is 2.11. The summed E-state index contributed by atoms with van der Waals surface area (Å²) in [6.07, 6.45) is 1.50. The van der Waals surface area contributed by atoms with Crippen molar-refractivity contribution in [1.82, 2.24) is 4.98 Å². The third kappa shape index (κ3) is 2.81. The number of nitrogens with zero attached hydrogens (tertiary/aromatic N) is 1. The molecule has 1 heterocycles. The number of benzene rings is 1. The molecule has 2 rings (SSSR count). The number of rotatable bonds is 2. The summed E-state index contributed by atoms with van der Waals surface area (Å²) in [6.45, 7) is 1.80. The van der Waals surface area contributed by atoms with Crippen molar-refractivity contribution < 1.29 is 4.79 Å². The van der Waals surface area contributed by atoms with Gasteiger partial charge in [0.1, 0.15) is 5.15 Å². The van der Waals surface area contributed by atoms with Crippen LogP contribution < -0.4 is 5.32 Å². The maximum Gasteiger partial charge on any atom is 0.256 e. The van der Waals surface area contributed by atoms with Crippen LogP contribution in [0.4, 0.5) is 5.69 Å². The van der Waals surface area contributed by atoms with E-state index in [0.717, 1.165) is 5.56 Å². The van der Waals surface area contributed by atoms with Crippen molar-refractivity contribution in [3.05, 3.63) is 57.8 Å². The van der Waals surface area contributed by atoms with Crippen molar-refractivity contribution in [3.8, 4) is 0 Å². The highest BCUT2D eigenvalue weighted by molar-refractivity contribution is 6.32. The molecule has 1 N–H and O–H groups in total. The molecule has 0 spiro atoms. The van der Waals surface area contributed by atoms with E-state index in [4.69, 9.17) is 23.2 Å². The van der Waals surface area contributed by atoms with Gasteiger partial charge in [-0.3, -0.25) is 4.79 Å². The molecule has 92 valence electrons. The topological polar surface area (TPSA) is 42.0 Å². The molecule has 0 aliphatic carbocycles. The first-order chi connectivity index (χ1) is 8.58. The highest BCUT2D eigenvalue weighted by atomic mass is 35.5. The van der Waals surface area contributed by atoms with Gasteiger partial charge < -0.3 is 5.32 Å². The molecule has 0 aliphatic rings. The zero-order valence-corrected chi connectivity index (χ0v) is 11.1. The van der Waals surface area contributed by atoms with Gasteiger partial charge in [-0.2, -0.15) is 0 Å². The van der Waals surface area contributed by atoms with Crippen LogP contribution in [0.5, 0.6) is 0 Å². The third-order valence-corrected chi connectivity index (χ3v) is 3.13. The van der Waals surface area contributed by atoms with Gasteiger partial charge >= 0.3 is 0 Å². The van der Waals surface area contributed by atoms with Crippen LogP contribution in [-0.2, 0) is 0 Å². The fraction of sp³-hybridized carbons (Fsp3) is 0.0769. The van der Waals surface area contributed by atoms with Gasteiger partial charge in [-0.05, 0) is 36.8 Å². The number of halogens is 2. The zero-order chi connectivity index (χ0) is 13.1. The van der Waals surface area contributed by atoms with Crippen LogP contribution in [0.3, 0.4) is 0 Å². The van der Waals surface area contributed by atoms with E-state index >= 15 is 0 Å². The molecule has 0 unspecified atom stereocenters. The van der Waals surface area contributed by atoms with Gasteiger partial charge in [0.05, 0.1) is 11.9 Å². The summed E-state index contributed by atoms with van der Waals surface area (Å²) in [5, 5.41) is 3.68. The molecule has 5 heteroatoms. The summed E-state index contributed by atoms with van der Waals surface area (Å²) < 4.78 is 0. The number of hydrogen-bond donors (Lipinski definition) is 1. The average Bonchev–Trinajstić information content (AvgIpc) is 2.35. The molecule has 18 heavy (non-hydrogen) atoms. The first-order valence-electron chi connectivity index (χ1n) is 5.26. The number of amides is 1. The minimum atomic E-state index is -0.223.